The van der Waals surface area contributed by atoms with Crippen molar-refractivity contribution in [3.8, 4) is 11.5 Å². The van der Waals surface area contributed by atoms with Gasteiger partial charge in [0.25, 0.3) is 12.0 Å². The van der Waals surface area contributed by atoms with Crippen molar-refractivity contribution in [1.82, 2.24) is 14.5 Å². The lowest BCUT2D eigenvalue weighted by Crippen LogP contribution is -2.19. The van der Waals surface area contributed by atoms with E-state index in [9.17, 15) is 13.6 Å². The molecule has 0 bridgehead atoms. The standard InChI is InChI=1S/C15H13F2N3O2S/c1-7(2)20-13-11(14(21)19-15(20)23)8(12(16)17)6-9(18-13)10-4-3-5-22-10/h3-7,12H,1-2H3,(H,19,21,23). The third-order valence-corrected chi connectivity index (χ3v) is 3.75. The van der Waals surface area contributed by atoms with Crippen LogP contribution in [0.25, 0.3) is 22.5 Å². The molecule has 0 aliphatic carbocycles. The fourth-order valence-electron chi connectivity index (χ4n) is 2.48. The Morgan fingerprint density at radius 1 is 1.39 bits per heavy atom. The van der Waals surface area contributed by atoms with Gasteiger partial charge < -0.3 is 4.42 Å². The summed E-state index contributed by atoms with van der Waals surface area (Å²) in [5.74, 6) is 0.343. The van der Waals surface area contributed by atoms with Gasteiger partial charge in [0, 0.05) is 11.6 Å². The molecule has 5 nitrogen and oxygen atoms in total. The maximum Gasteiger partial charge on any atom is 0.264 e. The van der Waals surface area contributed by atoms with Crippen molar-refractivity contribution in [3.05, 3.63) is 45.2 Å². The molecule has 0 saturated heterocycles. The molecule has 0 aliphatic heterocycles. The summed E-state index contributed by atoms with van der Waals surface area (Å²) in [6.07, 6.45) is -1.40. The molecule has 3 rings (SSSR count). The molecular formula is C15H13F2N3O2S. The van der Waals surface area contributed by atoms with E-state index in [1.165, 1.54) is 12.3 Å². The van der Waals surface area contributed by atoms with Gasteiger partial charge in [0.15, 0.2) is 10.5 Å². The number of furan rings is 1. The molecule has 0 saturated carbocycles. The topological polar surface area (TPSA) is 63.8 Å². The molecular weight excluding hydrogens is 324 g/mol. The summed E-state index contributed by atoms with van der Waals surface area (Å²) >= 11 is 5.15. The first-order valence-electron chi connectivity index (χ1n) is 6.91. The van der Waals surface area contributed by atoms with Crippen LogP contribution >= 0.6 is 12.2 Å². The van der Waals surface area contributed by atoms with Gasteiger partial charge in [0.05, 0.1) is 11.6 Å². The number of nitrogens with one attached hydrogen (secondary N) is 1. The summed E-state index contributed by atoms with van der Waals surface area (Å²) in [5, 5.41) is -0.155. The van der Waals surface area contributed by atoms with Gasteiger partial charge in [0.2, 0.25) is 0 Å². The molecule has 120 valence electrons. The first-order chi connectivity index (χ1) is 10.9. The highest BCUT2D eigenvalue weighted by Crippen LogP contribution is 2.30. The van der Waals surface area contributed by atoms with Crippen LogP contribution in [0.15, 0.2) is 33.7 Å². The minimum Gasteiger partial charge on any atom is -0.463 e. The highest BCUT2D eigenvalue weighted by molar-refractivity contribution is 7.71. The van der Waals surface area contributed by atoms with Crippen molar-refractivity contribution < 1.29 is 13.2 Å². The van der Waals surface area contributed by atoms with Crippen LogP contribution in [0.2, 0.25) is 0 Å². The lowest BCUT2D eigenvalue weighted by atomic mass is 10.1. The predicted octanol–water partition coefficient (Wildman–Crippen LogP) is 4.23. The van der Waals surface area contributed by atoms with E-state index in [1.54, 1.807) is 16.7 Å². The smallest absolute Gasteiger partial charge is 0.264 e. The number of fused-ring (bicyclic) bond motifs is 1. The van der Waals surface area contributed by atoms with Crippen LogP contribution in [0.4, 0.5) is 8.78 Å². The highest BCUT2D eigenvalue weighted by atomic mass is 32.1. The van der Waals surface area contributed by atoms with Crippen LogP contribution in [0, 0.1) is 4.77 Å². The molecule has 0 aromatic carbocycles. The first-order valence-corrected chi connectivity index (χ1v) is 7.32. The number of alkyl halides is 2. The van der Waals surface area contributed by atoms with Gasteiger partial charge in [-0.25, -0.2) is 13.8 Å². The zero-order valence-electron chi connectivity index (χ0n) is 12.3. The Hall–Kier alpha value is -2.35. The second kappa shape index (κ2) is 5.69. The first kappa shape index (κ1) is 15.5. The Bertz CT molecular complexity index is 975. The lowest BCUT2D eigenvalue weighted by molar-refractivity contribution is 0.153. The van der Waals surface area contributed by atoms with Crippen molar-refractivity contribution in [1.29, 1.82) is 0 Å². The molecule has 0 radical (unpaired) electrons. The van der Waals surface area contributed by atoms with Gasteiger partial charge in [-0.15, -0.1) is 0 Å². The second-order valence-corrected chi connectivity index (χ2v) is 5.68. The van der Waals surface area contributed by atoms with E-state index in [1.807, 2.05) is 13.8 Å². The Labute approximate surface area is 134 Å². The number of nitrogens with zero attached hydrogens (tertiary/aromatic N) is 2. The molecule has 3 aromatic rings. The van der Waals surface area contributed by atoms with E-state index in [2.05, 4.69) is 9.97 Å². The molecule has 0 atom stereocenters. The minimum atomic E-state index is -2.83. The fraction of sp³-hybridized carbons (Fsp3) is 0.267. The molecule has 1 N–H and O–H groups in total. The van der Waals surface area contributed by atoms with E-state index in [0.717, 1.165) is 0 Å². The van der Waals surface area contributed by atoms with E-state index in [0.29, 0.717) is 5.76 Å². The SMILES string of the molecule is CC(C)n1c(=S)[nH]c(=O)c2c(C(F)F)cc(-c3ccco3)nc21. The molecule has 0 aliphatic rings. The number of rotatable bonds is 3. The van der Waals surface area contributed by atoms with Crippen molar-refractivity contribution in [3.63, 3.8) is 0 Å². The van der Waals surface area contributed by atoms with Crippen LogP contribution in [0.5, 0.6) is 0 Å². The maximum atomic E-state index is 13.5. The summed E-state index contributed by atoms with van der Waals surface area (Å²) in [6.45, 7) is 3.66. The van der Waals surface area contributed by atoms with Crippen LogP contribution in [0.1, 0.15) is 31.9 Å². The number of pyridine rings is 1. The van der Waals surface area contributed by atoms with E-state index in [4.69, 9.17) is 16.6 Å². The van der Waals surface area contributed by atoms with Crippen molar-refractivity contribution in [2.75, 3.05) is 0 Å². The monoisotopic (exact) mass is 337 g/mol. The maximum absolute atomic E-state index is 13.5. The van der Waals surface area contributed by atoms with Crippen molar-refractivity contribution in [2.45, 2.75) is 26.3 Å². The highest BCUT2D eigenvalue weighted by Gasteiger charge is 2.21. The summed E-state index contributed by atoms with van der Waals surface area (Å²) in [6, 6.07) is 4.27. The molecule has 3 heterocycles. The lowest BCUT2D eigenvalue weighted by Gasteiger charge is -2.16. The molecule has 3 aromatic heterocycles. The predicted molar refractivity (Wildman–Crippen MR) is 84.2 cm³/mol. The van der Waals surface area contributed by atoms with Crippen molar-refractivity contribution in [2.24, 2.45) is 0 Å². The third kappa shape index (κ3) is 2.59. The van der Waals surface area contributed by atoms with Crippen molar-refractivity contribution >= 4 is 23.3 Å². The van der Waals surface area contributed by atoms with Gasteiger partial charge in [-0.2, -0.15) is 0 Å². The fourth-order valence-corrected chi connectivity index (χ4v) is 2.87. The molecule has 0 spiro atoms. The van der Waals surface area contributed by atoms with Gasteiger partial charge in [-0.3, -0.25) is 14.3 Å². The summed E-state index contributed by atoms with van der Waals surface area (Å²) in [5.41, 5.74) is -0.715. The van der Waals surface area contributed by atoms with E-state index < -0.39 is 17.5 Å². The Morgan fingerprint density at radius 2 is 2.13 bits per heavy atom. The third-order valence-electron chi connectivity index (χ3n) is 3.45. The van der Waals surface area contributed by atoms with Gasteiger partial charge >= 0.3 is 0 Å². The zero-order chi connectivity index (χ0) is 16.7. The van der Waals surface area contributed by atoms with Gasteiger partial charge in [-0.1, -0.05) is 0 Å². The number of halogens is 2. The summed E-state index contributed by atoms with van der Waals surface area (Å²) < 4.78 is 33.9. The van der Waals surface area contributed by atoms with Crippen LogP contribution in [0.3, 0.4) is 0 Å². The largest absolute Gasteiger partial charge is 0.463 e. The molecule has 23 heavy (non-hydrogen) atoms. The number of aromatic amines is 1. The zero-order valence-corrected chi connectivity index (χ0v) is 13.2. The Kier molecular flexibility index (Phi) is 3.85. The Balaban J connectivity index is 2.52. The quantitative estimate of drug-likeness (QED) is 0.726. The molecule has 0 fully saturated rings. The number of hydrogen-bond donors (Lipinski definition) is 1. The second-order valence-electron chi connectivity index (χ2n) is 5.30. The number of hydrogen-bond acceptors (Lipinski definition) is 4. The van der Waals surface area contributed by atoms with E-state index >= 15 is 0 Å². The molecule has 0 amide bonds. The summed E-state index contributed by atoms with van der Waals surface area (Å²) in [7, 11) is 0. The average Bonchev–Trinajstić information content (AvgIpc) is 2.99. The normalized spacial score (nSPS) is 11.7. The number of aromatic nitrogens is 3. The molecule has 0 unspecified atom stereocenters. The van der Waals surface area contributed by atoms with E-state index in [-0.39, 0.29) is 27.5 Å². The number of H-pyrrole nitrogens is 1. The van der Waals surface area contributed by atoms with Crippen LogP contribution in [-0.4, -0.2) is 14.5 Å². The van der Waals surface area contributed by atoms with Crippen LogP contribution < -0.4 is 5.56 Å². The summed E-state index contributed by atoms with van der Waals surface area (Å²) in [4.78, 5) is 19.0. The van der Waals surface area contributed by atoms with Gasteiger partial charge in [-0.05, 0) is 44.3 Å². The van der Waals surface area contributed by atoms with Gasteiger partial charge in [0.1, 0.15) is 11.3 Å². The average molecular weight is 337 g/mol. The minimum absolute atomic E-state index is 0.123. The molecule has 8 heteroatoms. The Morgan fingerprint density at radius 3 is 2.70 bits per heavy atom. The van der Waals surface area contributed by atoms with Crippen LogP contribution in [-0.2, 0) is 0 Å².